The molecule has 0 atom stereocenters. The Kier molecular flexibility index (Phi) is 4.45. The number of hydrogen-bond acceptors (Lipinski definition) is 3. The van der Waals surface area contributed by atoms with Crippen LogP contribution in [0.4, 0.5) is 14.9 Å². The lowest BCUT2D eigenvalue weighted by atomic mass is 9.96. The van der Waals surface area contributed by atoms with Gasteiger partial charge >= 0.3 is 6.03 Å². The Morgan fingerprint density at radius 1 is 1.48 bits per heavy atom. The molecule has 1 aromatic carbocycles. The number of nitrogens with one attached hydrogen (secondary N) is 2. The fourth-order valence-corrected chi connectivity index (χ4v) is 2.65. The second kappa shape index (κ2) is 6.02. The minimum absolute atomic E-state index is 0.283. The van der Waals surface area contributed by atoms with Crippen molar-refractivity contribution in [2.24, 2.45) is 5.73 Å². The molecular weight excluding hydrogens is 295 g/mol. The second-order valence-corrected chi connectivity index (χ2v) is 6.27. The van der Waals surface area contributed by atoms with E-state index >= 15 is 0 Å². The molecule has 1 fully saturated rings. The van der Waals surface area contributed by atoms with Gasteiger partial charge in [0.1, 0.15) is 5.82 Å². The van der Waals surface area contributed by atoms with Crippen molar-refractivity contribution in [2.75, 3.05) is 11.9 Å². The predicted octanol–water partition coefficient (Wildman–Crippen LogP) is 3.40. The Bertz CT molecular complexity index is 694. The number of urea groups is 1. The van der Waals surface area contributed by atoms with Gasteiger partial charge in [-0.2, -0.15) is 0 Å². The average Bonchev–Trinajstić information content (AvgIpc) is 2.73. The zero-order valence-corrected chi connectivity index (χ0v) is 14.0. The van der Waals surface area contributed by atoms with Crippen LogP contribution < -0.4 is 11.1 Å². The van der Waals surface area contributed by atoms with E-state index in [0.717, 1.165) is 5.56 Å². The van der Waals surface area contributed by atoms with Gasteiger partial charge < -0.3 is 21.4 Å². The van der Waals surface area contributed by atoms with E-state index in [9.17, 15) is 9.18 Å². The van der Waals surface area contributed by atoms with Crippen molar-refractivity contribution in [3.63, 3.8) is 0 Å². The molecule has 1 aliphatic rings. The molecule has 2 amide bonds. The smallest absolute Gasteiger partial charge is 0.322 e. The molecule has 0 saturated carbocycles. The molecule has 1 heterocycles. The van der Waals surface area contributed by atoms with Gasteiger partial charge in [-0.3, -0.25) is 0 Å². The molecule has 2 rings (SSSR count). The molecule has 0 radical (unpaired) electrons. The van der Waals surface area contributed by atoms with Crippen molar-refractivity contribution >= 4 is 17.4 Å². The Labute approximate surface area is 135 Å². The minimum Gasteiger partial charge on any atom is -0.402 e. The van der Waals surface area contributed by atoms with Gasteiger partial charge in [0.15, 0.2) is 0 Å². The monoisotopic (exact) mass is 318 g/mol. The highest BCUT2D eigenvalue weighted by Gasteiger charge is 2.44. The summed E-state index contributed by atoms with van der Waals surface area (Å²) in [5.41, 5.74) is 8.09. The normalized spacial score (nSPS) is 19.0. The topological polar surface area (TPSA) is 82.2 Å². The number of benzene rings is 1. The van der Waals surface area contributed by atoms with Crippen molar-refractivity contribution in [1.29, 1.82) is 5.41 Å². The van der Waals surface area contributed by atoms with Crippen LogP contribution in [0.5, 0.6) is 0 Å². The van der Waals surface area contributed by atoms with E-state index in [2.05, 4.69) is 5.32 Å². The van der Waals surface area contributed by atoms with E-state index in [4.69, 9.17) is 11.1 Å². The van der Waals surface area contributed by atoms with Crippen LogP contribution in [-0.4, -0.2) is 28.7 Å². The lowest BCUT2D eigenvalue weighted by Gasteiger charge is -2.31. The number of anilines is 1. The van der Waals surface area contributed by atoms with E-state index in [1.165, 1.54) is 12.1 Å². The third-order valence-electron chi connectivity index (χ3n) is 4.36. The molecule has 4 N–H and O–H groups in total. The van der Waals surface area contributed by atoms with Crippen molar-refractivity contribution < 1.29 is 9.18 Å². The third kappa shape index (κ3) is 3.06. The predicted molar refractivity (Wildman–Crippen MR) is 90.2 cm³/mol. The van der Waals surface area contributed by atoms with Gasteiger partial charge in [0.2, 0.25) is 0 Å². The summed E-state index contributed by atoms with van der Waals surface area (Å²) in [6.45, 7) is 7.62. The first kappa shape index (κ1) is 17.0. The standard InChI is InChI=1S/C17H23FN4O/c1-5-13(19)12-9-22(17(3,4)15(12)20)16(23)21-14-8-11(18)7-6-10(14)2/h6-8,20H,5,9,19H2,1-4H3,(H,21,23). The van der Waals surface area contributed by atoms with Crippen LogP contribution in [0.3, 0.4) is 0 Å². The van der Waals surface area contributed by atoms with Crippen molar-refractivity contribution in [3.05, 3.63) is 40.8 Å². The van der Waals surface area contributed by atoms with E-state index in [0.29, 0.717) is 29.1 Å². The number of carbonyl (C=O) groups is 1. The van der Waals surface area contributed by atoms with Gasteiger partial charge in [0.25, 0.3) is 0 Å². The van der Waals surface area contributed by atoms with Crippen molar-refractivity contribution in [1.82, 2.24) is 4.90 Å². The summed E-state index contributed by atoms with van der Waals surface area (Å²) in [5.74, 6) is -0.407. The van der Waals surface area contributed by atoms with E-state index in [1.807, 2.05) is 20.8 Å². The molecule has 0 bridgehead atoms. The van der Waals surface area contributed by atoms with E-state index < -0.39 is 11.4 Å². The van der Waals surface area contributed by atoms with Gasteiger partial charge in [-0.25, -0.2) is 9.18 Å². The number of amides is 2. The number of allylic oxidation sites excluding steroid dienone is 1. The van der Waals surface area contributed by atoms with E-state index in [1.54, 1.807) is 17.9 Å². The summed E-state index contributed by atoms with van der Waals surface area (Å²) >= 11 is 0. The van der Waals surface area contributed by atoms with Crippen LogP contribution in [0.2, 0.25) is 0 Å². The Balaban J connectivity index is 2.29. The number of halogens is 1. The summed E-state index contributed by atoms with van der Waals surface area (Å²) in [6.07, 6.45) is 0.631. The maximum atomic E-state index is 13.4. The van der Waals surface area contributed by atoms with Crippen LogP contribution in [0.15, 0.2) is 29.5 Å². The molecule has 23 heavy (non-hydrogen) atoms. The molecule has 0 aliphatic carbocycles. The maximum absolute atomic E-state index is 13.4. The van der Waals surface area contributed by atoms with E-state index in [-0.39, 0.29) is 12.6 Å². The average molecular weight is 318 g/mol. The summed E-state index contributed by atoms with van der Waals surface area (Å²) < 4.78 is 13.4. The van der Waals surface area contributed by atoms with Crippen LogP contribution in [0.1, 0.15) is 32.8 Å². The number of carbonyl (C=O) groups excluding carboxylic acids is 1. The molecule has 124 valence electrons. The number of aryl methyl sites for hydroxylation is 1. The SMILES string of the molecule is CCC(N)=C1CN(C(=O)Nc2cc(F)ccc2C)C(C)(C)C1=N. The van der Waals surface area contributed by atoms with Crippen LogP contribution in [-0.2, 0) is 0 Å². The van der Waals surface area contributed by atoms with Crippen LogP contribution in [0.25, 0.3) is 0 Å². The first-order chi connectivity index (χ1) is 10.7. The van der Waals surface area contributed by atoms with Gasteiger partial charge in [-0.15, -0.1) is 0 Å². The molecule has 0 unspecified atom stereocenters. The van der Waals surface area contributed by atoms with Gasteiger partial charge in [0.05, 0.1) is 17.8 Å². The first-order valence-electron chi connectivity index (χ1n) is 7.60. The quantitative estimate of drug-likeness (QED) is 0.781. The first-order valence-corrected chi connectivity index (χ1v) is 7.60. The second-order valence-electron chi connectivity index (χ2n) is 6.27. The fourth-order valence-electron chi connectivity index (χ4n) is 2.65. The Morgan fingerprint density at radius 2 is 2.13 bits per heavy atom. The van der Waals surface area contributed by atoms with Gasteiger partial charge in [0, 0.05) is 17.0 Å². The number of likely N-dealkylation sites (tertiary alicyclic amines) is 1. The largest absolute Gasteiger partial charge is 0.402 e. The zero-order chi connectivity index (χ0) is 17.4. The molecule has 0 spiro atoms. The number of nitrogens with zero attached hydrogens (tertiary/aromatic N) is 1. The summed E-state index contributed by atoms with van der Waals surface area (Å²) in [6, 6.07) is 3.89. The number of nitrogens with two attached hydrogens (primary N) is 1. The highest BCUT2D eigenvalue weighted by molar-refractivity contribution is 6.11. The zero-order valence-electron chi connectivity index (χ0n) is 14.0. The number of hydrogen-bond donors (Lipinski definition) is 3. The molecule has 1 aromatic rings. The van der Waals surface area contributed by atoms with Crippen molar-refractivity contribution in [3.8, 4) is 0 Å². The fraction of sp³-hybridized carbons (Fsp3) is 0.412. The molecule has 0 aromatic heterocycles. The summed E-state index contributed by atoms with van der Waals surface area (Å²) in [5, 5.41) is 11.0. The Hall–Kier alpha value is -2.37. The highest BCUT2D eigenvalue weighted by Crippen LogP contribution is 2.31. The molecule has 5 nitrogen and oxygen atoms in total. The summed E-state index contributed by atoms with van der Waals surface area (Å²) in [7, 11) is 0. The molecule has 1 aliphatic heterocycles. The third-order valence-corrected chi connectivity index (χ3v) is 4.36. The van der Waals surface area contributed by atoms with Gasteiger partial charge in [-0.05, 0) is 44.9 Å². The van der Waals surface area contributed by atoms with Crippen molar-refractivity contribution in [2.45, 2.75) is 39.7 Å². The maximum Gasteiger partial charge on any atom is 0.322 e. The molecule has 1 saturated heterocycles. The Morgan fingerprint density at radius 3 is 2.74 bits per heavy atom. The lowest BCUT2D eigenvalue weighted by molar-refractivity contribution is 0.195. The molecular formula is C17H23FN4O. The lowest BCUT2D eigenvalue weighted by Crippen LogP contribution is -2.48. The number of rotatable bonds is 2. The van der Waals surface area contributed by atoms with Crippen LogP contribution >= 0.6 is 0 Å². The minimum atomic E-state index is -0.763. The summed E-state index contributed by atoms with van der Waals surface area (Å²) in [4.78, 5) is 14.2. The van der Waals surface area contributed by atoms with Crippen LogP contribution in [0, 0.1) is 18.2 Å². The highest BCUT2D eigenvalue weighted by atomic mass is 19.1. The van der Waals surface area contributed by atoms with Gasteiger partial charge in [-0.1, -0.05) is 13.0 Å². The molecule has 6 heteroatoms.